The summed E-state index contributed by atoms with van der Waals surface area (Å²) in [7, 11) is 0. The fraction of sp³-hybridized carbons (Fsp3) is 0.125. The molecule has 59 heavy (non-hydrogen) atoms. The molecule has 0 amide bonds. The zero-order chi connectivity index (χ0) is 39.8. The number of rotatable bonds is 10. The Morgan fingerprint density at radius 2 is 1.14 bits per heavy atom. The van der Waals surface area contributed by atoms with Crippen LogP contribution < -0.4 is 4.90 Å². The molecule has 0 atom stereocenters. The summed E-state index contributed by atoms with van der Waals surface area (Å²) in [4.78, 5) is 8.87. The lowest BCUT2D eigenvalue weighted by molar-refractivity contribution is 0.490. The number of benzene rings is 7. The van der Waals surface area contributed by atoms with Crippen LogP contribution in [0.1, 0.15) is 65.9 Å². The predicted octanol–water partition coefficient (Wildman–Crippen LogP) is 15.8. The van der Waals surface area contributed by atoms with Gasteiger partial charge in [-0.2, -0.15) is 0 Å². The Labute approximate surface area is 352 Å². The van der Waals surface area contributed by atoms with Gasteiger partial charge < -0.3 is 4.90 Å². The van der Waals surface area contributed by atoms with Crippen LogP contribution in [0.2, 0.25) is 0 Å². The van der Waals surface area contributed by atoms with Crippen molar-refractivity contribution in [3.05, 3.63) is 209 Å². The zero-order valence-electron chi connectivity index (χ0n) is 33.6. The van der Waals surface area contributed by atoms with Crippen molar-refractivity contribution in [2.45, 2.75) is 44.9 Å². The van der Waals surface area contributed by atoms with Crippen molar-refractivity contribution >= 4 is 46.6 Å². The number of para-hydroxylation sites is 2. The minimum atomic E-state index is -0.0653. The van der Waals surface area contributed by atoms with E-state index in [9.17, 15) is 0 Å². The van der Waals surface area contributed by atoms with Crippen LogP contribution in [-0.2, 0) is 11.8 Å². The monoisotopic (exact) mass is 778 g/mol. The third-order valence-electron chi connectivity index (χ3n) is 12.5. The first-order chi connectivity index (χ1) is 29.1. The molecule has 0 spiro atoms. The van der Waals surface area contributed by atoms with Gasteiger partial charge in [0, 0.05) is 32.9 Å². The molecule has 0 unspecified atom stereocenters. The first-order valence-electron chi connectivity index (χ1n) is 21.0. The smallest absolute Gasteiger partial charge is 0.124 e. The number of nitrogens with zero attached hydrogens (tertiary/aromatic N) is 2. The molecule has 2 nitrogen and oxygen atoms in total. The van der Waals surface area contributed by atoms with E-state index >= 15 is 0 Å². The Morgan fingerprint density at radius 1 is 0.542 bits per heavy atom. The van der Waals surface area contributed by atoms with Crippen molar-refractivity contribution in [3.8, 4) is 44.0 Å². The van der Waals surface area contributed by atoms with Crippen LogP contribution >= 0.6 is 11.3 Å². The highest BCUT2D eigenvalue weighted by Gasteiger charge is 2.41. The lowest BCUT2D eigenvalue weighted by atomic mass is 9.73. The third-order valence-corrected chi connectivity index (χ3v) is 13.6. The minimum absolute atomic E-state index is 0.0653. The third kappa shape index (κ3) is 6.76. The summed E-state index contributed by atoms with van der Waals surface area (Å²) in [5.74, 6) is 0. The summed E-state index contributed by atoms with van der Waals surface area (Å²) >= 11 is 1.84. The quantitative estimate of drug-likeness (QED) is 0.129. The van der Waals surface area contributed by atoms with Gasteiger partial charge in [-0.15, -0.1) is 11.3 Å². The summed E-state index contributed by atoms with van der Waals surface area (Å²) in [6.07, 6.45) is 13.2. The zero-order valence-corrected chi connectivity index (χ0v) is 34.4. The van der Waals surface area contributed by atoms with Gasteiger partial charge in [-0.25, -0.2) is 4.98 Å². The Kier molecular flexibility index (Phi) is 9.76. The van der Waals surface area contributed by atoms with E-state index in [4.69, 9.17) is 4.98 Å². The summed E-state index contributed by atoms with van der Waals surface area (Å²) in [5, 5.41) is 1.09. The van der Waals surface area contributed by atoms with Gasteiger partial charge in [0.25, 0.3) is 0 Å². The molecule has 0 saturated carbocycles. The first kappa shape index (κ1) is 36.8. The molecule has 2 aliphatic rings. The van der Waals surface area contributed by atoms with E-state index in [0.29, 0.717) is 0 Å². The highest BCUT2D eigenvalue weighted by molar-refractivity contribution is 7.15. The van der Waals surface area contributed by atoms with E-state index in [2.05, 4.69) is 213 Å². The van der Waals surface area contributed by atoms with Crippen molar-refractivity contribution in [3.63, 3.8) is 0 Å². The lowest BCUT2D eigenvalue weighted by Crippen LogP contribution is -2.23. The summed E-state index contributed by atoms with van der Waals surface area (Å²) in [5.41, 5.74) is 18.6. The van der Waals surface area contributed by atoms with Gasteiger partial charge in [0.2, 0.25) is 0 Å². The van der Waals surface area contributed by atoms with E-state index in [-0.39, 0.29) is 5.41 Å². The second kappa shape index (κ2) is 15.7. The number of allylic oxidation sites excluding steroid dienone is 1. The number of hydrogen-bond donors (Lipinski definition) is 0. The number of fused-ring (bicyclic) bond motifs is 4. The second-order valence-electron chi connectivity index (χ2n) is 15.7. The highest BCUT2D eigenvalue weighted by atomic mass is 32.1. The van der Waals surface area contributed by atoms with E-state index in [1.165, 1.54) is 71.8 Å². The molecule has 2 aliphatic carbocycles. The van der Waals surface area contributed by atoms with Gasteiger partial charge in [0.15, 0.2) is 0 Å². The minimum Gasteiger partial charge on any atom is -0.310 e. The molecule has 0 N–H and O–H groups in total. The van der Waals surface area contributed by atoms with Crippen molar-refractivity contribution in [2.75, 3.05) is 4.90 Å². The standard InChI is InChI=1S/C56H46N2S/c1-3-56(4-2)51-36-40(28-33-47(51)48-35-32-46(38-52(48)56)58(44-18-10-6-11-19-44)45-20-12-7-13-21-45)25-24-39-26-29-42(30-27-39)50-37-43(41-16-8-5-9-17-41)31-34-49(50)55-57-53-22-14-15-23-54(53)59-55/h5-14,16-22,24-38H,3-4,15,23H2,1-2H3/b25-24+. The van der Waals surface area contributed by atoms with Gasteiger partial charge >= 0.3 is 0 Å². The maximum atomic E-state index is 5.11. The molecule has 0 radical (unpaired) electrons. The molecular formula is C56H46N2S. The average Bonchev–Trinajstić information content (AvgIpc) is 3.86. The van der Waals surface area contributed by atoms with E-state index < -0.39 is 0 Å². The molecule has 0 saturated heterocycles. The summed E-state index contributed by atoms with van der Waals surface area (Å²) in [6, 6.07) is 62.2. The van der Waals surface area contributed by atoms with Gasteiger partial charge in [-0.05, 0) is 130 Å². The van der Waals surface area contributed by atoms with Crippen LogP contribution in [0.5, 0.6) is 0 Å². The van der Waals surface area contributed by atoms with Crippen LogP contribution in [0.3, 0.4) is 0 Å². The average molecular weight is 779 g/mol. The molecule has 10 rings (SSSR count). The van der Waals surface area contributed by atoms with E-state index in [0.717, 1.165) is 47.8 Å². The number of hydrogen-bond acceptors (Lipinski definition) is 3. The van der Waals surface area contributed by atoms with Crippen molar-refractivity contribution < 1.29 is 0 Å². The fourth-order valence-corrected chi connectivity index (χ4v) is 10.4. The van der Waals surface area contributed by atoms with Gasteiger partial charge in [0.05, 0.1) is 5.69 Å². The summed E-state index contributed by atoms with van der Waals surface area (Å²) < 4.78 is 0. The Hall–Kier alpha value is -6.55. The van der Waals surface area contributed by atoms with Crippen LogP contribution in [0, 0.1) is 0 Å². The Balaban J connectivity index is 0.964. The summed E-state index contributed by atoms with van der Waals surface area (Å²) in [6.45, 7) is 4.71. The maximum absolute atomic E-state index is 5.11. The van der Waals surface area contributed by atoms with Crippen LogP contribution in [-0.4, -0.2) is 4.98 Å². The Bertz CT molecular complexity index is 2790. The van der Waals surface area contributed by atoms with Crippen molar-refractivity contribution in [2.24, 2.45) is 0 Å². The maximum Gasteiger partial charge on any atom is 0.124 e. The van der Waals surface area contributed by atoms with Crippen LogP contribution in [0.15, 0.2) is 176 Å². The van der Waals surface area contributed by atoms with Crippen molar-refractivity contribution in [1.29, 1.82) is 0 Å². The van der Waals surface area contributed by atoms with Gasteiger partial charge in [-0.3, -0.25) is 0 Å². The normalized spacial score (nSPS) is 13.6. The number of thiazole rings is 1. The second-order valence-corrected chi connectivity index (χ2v) is 16.8. The molecular weight excluding hydrogens is 733 g/mol. The number of aromatic nitrogens is 1. The first-order valence-corrected chi connectivity index (χ1v) is 21.8. The van der Waals surface area contributed by atoms with E-state index in [1.54, 1.807) is 0 Å². The lowest BCUT2D eigenvalue weighted by Gasteiger charge is -2.32. The molecule has 3 heteroatoms. The molecule has 0 fully saturated rings. The fourth-order valence-electron chi connectivity index (χ4n) is 9.30. The van der Waals surface area contributed by atoms with Gasteiger partial charge in [0.1, 0.15) is 5.01 Å². The highest BCUT2D eigenvalue weighted by Crippen LogP contribution is 2.54. The topological polar surface area (TPSA) is 16.1 Å². The molecule has 7 aromatic carbocycles. The Morgan fingerprint density at radius 3 is 1.81 bits per heavy atom. The molecule has 1 heterocycles. The molecule has 286 valence electrons. The SMILES string of the molecule is CCC1(CC)c2cc(/C=C/c3ccc(-c4cc(-c5ccccc5)ccc4-c4nc5c(s4)CCC=C5)cc3)ccc2-c2ccc(N(c3ccccc3)c3ccccc3)cc21. The molecule has 8 aromatic rings. The van der Waals surface area contributed by atoms with Crippen LogP contribution in [0.25, 0.3) is 62.2 Å². The molecule has 0 bridgehead atoms. The molecule has 0 aliphatic heterocycles. The van der Waals surface area contributed by atoms with Crippen molar-refractivity contribution in [1.82, 2.24) is 4.98 Å². The van der Waals surface area contributed by atoms with Gasteiger partial charge in [-0.1, -0.05) is 159 Å². The molecule has 1 aromatic heterocycles. The largest absolute Gasteiger partial charge is 0.310 e. The predicted molar refractivity (Wildman–Crippen MR) is 253 cm³/mol. The van der Waals surface area contributed by atoms with Crippen LogP contribution in [0.4, 0.5) is 17.1 Å². The number of anilines is 3. The van der Waals surface area contributed by atoms with E-state index in [1.807, 2.05) is 11.3 Å². The number of aryl methyl sites for hydroxylation is 1.